The van der Waals surface area contributed by atoms with Crippen LogP contribution in [-0.4, -0.2) is 51.2 Å². The Morgan fingerprint density at radius 2 is 1.81 bits per heavy atom. The number of rotatable bonds is 7. The molecule has 0 aliphatic heterocycles. The molecule has 1 aromatic carbocycles. The van der Waals surface area contributed by atoms with Gasteiger partial charge in [-0.3, -0.25) is 4.79 Å². The average molecular weight is 293 g/mol. The molecular weight excluding hydrogens is 270 g/mol. The van der Waals surface area contributed by atoms with Crippen LogP contribution in [-0.2, 0) is 22.5 Å². The van der Waals surface area contributed by atoms with Crippen LogP contribution in [0.5, 0.6) is 0 Å². The number of hydrogen-bond acceptors (Lipinski definition) is 4. The molecule has 21 heavy (non-hydrogen) atoms. The third kappa shape index (κ3) is 6.27. The van der Waals surface area contributed by atoms with Gasteiger partial charge >= 0.3 is 12.0 Å². The summed E-state index contributed by atoms with van der Waals surface area (Å²) in [6, 6.07) is 7.62. The summed E-state index contributed by atoms with van der Waals surface area (Å²) in [6.45, 7) is 1.85. The summed E-state index contributed by atoms with van der Waals surface area (Å²) in [7, 11) is 4.79. The number of amides is 2. The Balaban J connectivity index is 2.38. The number of carbonyl (C=O) groups excluding carboxylic acids is 2. The number of benzene rings is 1. The zero-order valence-corrected chi connectivity index (χ0v) is 12.8. The third-order valence-electron chi connectivity index (χ3n) is 2.98. The number of esters is 1. The van der Waals surface area contributed by atoms with Crippen LogP contribution in [0.1, 0.15) is 11.1 Å². The number of ether oxygens (including phenoxy) is 1. The van der Waals surface area contributed by atoms with E-state index in [-0.39, 0.29) is 18.4 Å². The molecule has 0 saturated carbocycles. The van der Waals surface area contributed by atoms with Crippen molar-refractivity contribution in [2.75, 3.05) is 34.3 Å². The Morgan fingerprint density at radius 1 is 1.14 bits per heavy atom. The Morgan fingerprint density at radius 3 is 2.43 bits per heavy atom. The van der Waals surface area contributed by atoms with Crippen molar-refractivity contribution in [3.05, 3.63) is 35.4 Å². The highest BCUT2D eigenvalue weighted by Gasteiger charge is 2.07. The summed E-state index contributed by atoms with van der Waals surface area (Å²) in [5, 5.41) is 6.02. The number of carbonyl (C=O) groups is 2. The summed E-state index contributed by atoms with van der Waals surface area (Å²) in [6.07, 6.45) is 0.270. The monoisotopic (exact) mass is 293 g/mol. The summed E-state index contributed by atoms with van der Waals surface area (Å²) in [5.41, 5.74) is 2.01. The molecule has 0 aliphatic rings. The molecule has 0 spiro atoms. The highest BCUT2D eigenvalue weighted by atomic mass is 16.5. The highest BCUT2D eigenvalue weighted by Crippen LogP contribution is 2.09. The molecule has 0 bridgehead atoms. The lowest BCUT2D eigenvalue weighted by Gasteiger charge is -2.13. The largest absolute Gasteiger partial charge is 0.469 e. The van der Waals surface area contributed by atoms with E-state index in [1.54, 1.807) is 14.1 Å². The molecule has 2 amide bonds. The quantitative estimate of drug-likeness (QED) is 0.575. The topological polar surface area (TPSA) is 70.7 Å². The van der Waals surface area contributed by atoms with Crippen LogP contribution < -0.4 is 10.6 Å². The van der Waals surface area contributed by atoms with Crippen LogP contribution in [0.2, 0.25) is 0 Å². The van der Waals surface area contributed by atoms with Gasteiger partial charge in [0, 0.05) is 33.7 Å². The third-order valence-corrected chi connectivity index (χ3v) is 2.98. The van der Waals surface area contributed by atoms with Crippen molar-refractivity contribution in [3.8, 4) is 0 Å². The van der Waals surface area contributed by atoms with E-state index < -0.39 is 0 Å². The normalized spacial score (nSPS) is 10.0. The summed E-state index contributed by atoms with van der Waals surface area (Å²) in [5.74, 6) is -0.249. The van der Waals surface area contributed by atoms with Crippen LogP contribution in [0.15, 0.2) is 24.3 Å². The van der Waals surface area contributed by atoms with E-state index in [0.29, 0.717) is 19.6 Å². The fourth-order valence-electron chi connectivity index (χ4n) is 1.77. The van der Waals surface area contributed by atoms with Crippen molar-refractivity contribution < 1.29 is 14.3 Å². The molecule has 6 heteroatoms. The second kappa shape index (κ2) is 8.97. The van der Waals surface area contributed by atoms with Crippen molar-refractivity contribution in [1.29, 1.82) is 0 Å². The van der Waals surface area contributed by atoms with E-state index in [1.165, 1.54) is 12.0 Å². The van der Waals surface area contributed by atoms with Crippen LogP contribution >= 0.6 is 0 Å². The molecule has 2 N–H and O–H groups in total. The van der Waals surface area contributed by atoms with Gasteiger partial charge in [-0.05, 0) is 11.1 Å². The van der Waals surface area contributed by atoms with E-state index in [1.807, 2.05) is 24.3 Å². The van der Waals surface area contributed by atoms with Gasteiger partial charge in [0.1, 0.15) is 0 Å². The Bertz CT molecular complexity index is 475. The molecule has 0 fully saturated rings. The fraction of sp³-hybridized carbons (Fsp3) is 0.467. The molecule has 0 saturated heterocycles. The number of urea groups is 1. The number of nitrogens with zero attached hydrogens (tertiary/aromatic N) is 1. The molecule has 6 nitrogen and oxygen atoms in total. The minimum atomic E-state index is -0.249. The Hall–Kier alpha value is -2.08. The smallest absolute Gasteiger partial charge is 0.316 e. The summed E-state index contributed by atoms with van der Waals surface area (Å²) >= 11 is 0. The van der Waals surface area contributed by atoms with E-state index in [9.17, 15) is 9.59 Å². The molecule has 1 rings (SSSR count). The Labute approximate surface area is 125 Å². The maximum absolute atomic E-state index is 11.4. The fourth-order valence-corrected chi connectivity index (χ4v) is 1.77. The van der Waals surface area contributed by atoms with Crippen molar-refractivity contribution in [1.82, 2.24) is 15.5 Å². The van der Waals surface area contributed by atoms with Gasteiger partial charge in [-0.1, -0.05) is 24.3 Å². The number of hydrogen-bond donors (Lipinski definition) is 2. The average Bonchev–Trinajstić information content (AvgIpc) is 2.47. The van der Waals surface area contributed by atoms with E-state index in [2.05, 4.69) is 15.4 Å². The molecule has 116 valence electrons. The zero-order valence-electron chi connectivity index (χ0n) is 12.8. The minimum Gasteiger partial charge on any atom is -0.469 e. The van der Waals surface area contributed by atoms with Gasteiger partial charge in [-0.2, -0.15) is 0 Å². The zero-order chi connectivity index (χ0) is 15.7. The molecule has 1 aromatic rings. The maximum atomic E-state index is 11.4. The molecule has 0 unspecified atom stereocenters. The predicted molar refractivity (Wildman–Crippen MR) is 81.0 cm³/mol. The van der Waals surface area contributed by atoms with Gasteiger partial charge in [0.2, 0.25) is 0 Å². The first-order chi connectivity index (χ1) is 10.0. The van der Waals surface area contributed by atoms with E-state index >= 15 is 0 Å². The van der Waals surface area contributed by atoms with Crippen molar-refractivity contribution in [2.45, 2.75) is 13.0 Å². The molecular formula is C15H23N3O3. The van der Waals surface area contributed by atoms with Gasteiger partial charge in [0.05, 0.1) is 13.5 Å². The van der Waals surface area contributed by atoms with Crippen LogP contribution in [0, 0.1) is 0 Å². The van der Waals surface area contributed by atoms with Crippen molar-refractivity contribution >= 4 is 12.0 Å². The lowest BCUT2D eigenvalue weighted by atomic mass is 10.0. The lowest BCUT2D eigenvalue weighted by molar-refractivity contribution is -0.139. The number of nitrogens with one attached hydrogen (secondary N) is 2. The van der Waals surface area contributed by atoms with Gasteiger partial charge < -0.3 is 20.3 Å². The SMILES string of the molecule is COC(=O)Cc1ccccc1CNCCNC(=O)N(C)C. The highest BCUT2D eigenvalue weighted by molar-refractivity contribution is 5.73. The first-order valence-electron chi connectivity index (χ1n) is 6.84. The van der Waals surface area contributed by atoms with Gasteiger partial charge in [0.15, 0.2) is 0 Å². The predicted octanol–water partition coefficient (Wildman–Crippen LogP) is 0.763. The van der Waals surface area contributed by atoms with Crippen molar-refractivity contribution in [2.24, 2.45) is 0 Å². The van der Waals surface area contributed by atoms with Crippen LogP contribution in [0.3, 0.4) is 0 Å². The molecule has 0 radical (unpaired) electrons. The van der Waals surface area contributed by atoms with E-state index in [0.717, 1.165) is 11.1 Å². The molecule has 0 aromatic heterocycles. The first kappa shape index (κ1) is 17.0. The maximum Gasteiger partial charge on any atom is 0.316 e. The minimum absolute atomic E-state index is 0.108. The van der Waals surface area contributed by atoms with Gasteiger partial charge in [0.25, 0.3) is 0 Å². The molecule has 0 aliphatic carbocycles. The summed E-state index contributed by atoms with van der Waals surface area (Å²) < 4.78 is 4.69. The Kier molecular flexibility index (Phi) is 7.25. The van der Waals surface area contributed by atoms with E-state index in [4.69, 9.17) is 0 Å². The van der Waals surface area contributed by atoms with Crippen LogP contribution in [0.4, 0.5) is 4.79 Å². The second-order valence-electron chi connectivity index (χ2n) is 4.82. The second-order valence-corrected chi connectivity index (χ2v) is 4.82. The van der Waals surface area contributed by atoms with Crippen molar-refractivity contribution in [3.63, 3.8) is 0 Å². The first-order valence-corrected chi connectivity index (χ1v) is 6.84. The van der Waals surface area contributed by atoms with Gasteiger partial charge in [-0.15, -0.1) is 0 Å². The standard InChI is InChI=1S/C15H23N3O3/c1-18(2)15(20)17-9-8-16-11-13-7-5-4-6-12(13)10-14(19)21-3/h4-7,16H,8-11H2,1-3H3,(H,17,20). The molecule has 0 atom stereocenters. The van der Waals surface area contributed by atoms with Crippen LogP contribution in [0.25, 0.3) is 0 Å². The lowest BCUT2D eigenvalue weighted by Crippen LogP contribution is -2.38. The summed E-state index contributed by atoms with van der Waals surface area (Å²) in [4.78, 5) is 24.2. The molecule has 0 heterocycles. The van der Waals surface area contributed by atoms with Gasteiger partial charge in [-0.25, -0.2) is 4.79 Å². The number of methoxy groups -OCH3 is 1.